The molecular formula is C19H17Cl5N2O3S. The topological polar surface area (TPSA) is 66.5 Å². The minimum absolute atomic E-state index is 0.0508. The Bertz CT molecular complexity index is 1060. The molecule has 162 valence electrons. The average Bonchev–Trinajstić information content (AvgIpc) is 2.69. The Labute approximate surface area is 200 Å². The lowest BCUT2D eigenvalue weighted by Gasteiger charge is -2.31. The van der Waals surface area contributed by atoms with E-state index in [9.17, 15) is 13.2 Å². The molecule has 0 aliphatic carbocycles. The highest BCUT2D eigenvalue weighted by Gasteiger charge is 2.33. The fourth-order valence-electron chi connectivity index (χ4n) is 3.21. The van der Waals surface area contributed by atoms with Crippen molar-refractivity contribution in [2.24, 2.45) is 5.92 Å². The van der Waals surface area contributed by atoms with Crippen molar-refractivity contribution in [2.45, 2.75) is 18.6 Å². The van der Waals surface area contributed by atoms with E-state index in [1.807, 2.05) is 0 Å². The highest BCUT2D eigenvalue weighted by molar-refractivity contribution is 7.88. The first-order valence-electron chi connectivity index (χ1n) is 8.94. The molecule has 30 heavy (non-hydrogen) atoms. The summed E-state index contributed by atoms with van der Waals surface area (Å²) in [5.74, 6) is -1.22. The summed E-state index contributed by atoms with van der Waals surface area (Å²) >= 11 is 30.3. The number of carbonyl (C=O) groups is 1. The smallest absolute Gasteiger partial charge is 0.228 e. The Morgan fingerprint density at radius 1 is 1.00 bits per heavy atom. The number of sulfonamides is 1. The molecule has 0 aromatic heterocycles. The SMILES string of the molecule is O=C(Nc1cc(Cl)c(Cl)cc1Cl)C1CCCN(S(=O)(=O)Cc2c(Cl)cccc2Cl)C1. The van der Waals surface area contributed by atoms with Crippen molar-refractivity contribution in [3.63, 3.8) is 0 Å². The van der Waals surface area contributed by atoms with Crippen LogP contribution in [0.15, 0.2) is 30.3 Å². The van der Waals surface area contributed by atoms with Crippen molar-refractivity contribution >= 4 is 79.6 Å². The molecule has 1 fully saturated rings. The van der Waals surface area contributed by atoms with Gasteiger partial charge in [0.1, 0.15) is 0 Å². The van der Waals surface area contributed by atoms with Crippen LogP contribution >= 0.6 is 58.0 Å². The van der Waals surface area contributed by atoms with E-state index in [0.29, 0.717) is 30.6 Å². The van der Waals surface area contributed by atoms with Gasteiger partial charge < -0.3 is 5.32 Å². The monoisotopic (exact) mass is 528 g/mol. The summed E-state index contributed by atoms with van der Waals surface area (Å²) in [5.41, 5.74) is 0.661. The molecule has 1 N–H and O–H groups in total. The van der Waals surface area contributed by atoms with Gasteiger partial charge in [-0.05, 0) is 37.1 Å². The number of nitrogens with zero attached hydrogens (tertiary/aromatic N) is 1. The van der Waals surface area contributed by atoms with Crippen molar-refractivity contribution in [2.75, 3.05) is 18.4 Å². The van der Waals surface area contributed by atoms with Crippen LogP contribution < -0.4 is 5.32 Å². The molecule has 1 saturated heterocycles. The Hall–Kier alpha value is -0.730. The van der Waals surface area contributed by atoms with E-state index in [1.54, 1.807) is 18.2 Å². The highest BCUT2D eigenvalue weighted by Crippen LogP contribution is 2.33. The van der Waals surface area contributed by atoms with Crippen molar-refractivity contribution < 1.29 is 13.2 Å². The van der Waals surface area contributed by atoms with E-state index in [1.165, 1.54) is 16.4 Å². The molecular weight excluding hydrogens is 514 g/mol. The van der Waals surface area contributed by atoms with Gasteiger partial charge in [-0.1, -0.05) is 64.1 Å². The van der Waals surface area contributed by atoms with Gasteiger partial charge in [-0.2, -0.15) is 0 Å². The number of benzene rings is 2. The summed E-state index contributed by atoms with van der Waals surface area (Å²) in [6.07, 6.45) is 1.09. The molecule has 1 atom stereocenters. The predicted octanol–water partition coefficient (Wildman–Crippen LogP) is 6.13. The van der Waals surface area contributed by atoms with E-state index in [0.717, 1.165) is 0 Å². The number of piperidine rings is 1. The first-order chi connectivity index (χ1) is 14.1. The molecule has 1 aliphatic rings. The van der Waals surface area contributed by atoms with Crippen LogP contribution in [0.2, 0.25) is 25.1 Å². The number of nitrogens with one attached hydrogen (secondary N) is 1. The van der Waals surface area contributed by atoms with Crippen LogP contribution in [0.25, 0.3) is 0 Å². The van der Waals surface area contributed by atoms with Crippen LogP contribution in [0.3, 0.4) is 0 Å². The Balaban J connectivity index is 1.73. The van der Waals surface area contributed by atoms with Crippen LogP contribution in [-0.4, -0.2) is 31.7 Å². The second-order valence-corrected chi connectivity index (χ2v) is 10.9. The van der Waals surface area contributed by atoms with E-state index >= 15 is 0 Å². The van der Waals surface area contributed by atoms with Crippen molar-refractivity contribution in [1.82, 2.24) is 4.31 Å². The minimum atomic E-state index is -3.72. The van der Waals surface area contributed by atoms with Gasteiger partial charge in [-0.15, -0.1) is 0 Å². The molecule has 1 aliphatic heterocycles. The van der Waals surface area contributed by atoms with Crippen molar-refractivity contribution in [1.29, 1.82) is 0 Å². The Morgan fingerprint density at radius 2 is 1.63 bits per heavy atom. The molecule has 0 saturated carbocycles. The quantitative estimate of drug-likeness (QED) is 0.473. The first-order valence-corrected chi connectivity index (χ1v) is 12.4. The van der Waals surface area contributed by atoms with Gasteiger partial charge >= 0.3 is 0 Å². The zero-order valence-electron chi connectivity index (χ0n) is 15.5. The summed E-state index contributed by atoms with van der Waals surface area (Å²) in [4.78, 5) is 12.7. The van der Waals surface area contributed by atoms with Gasteiger partial charge in [0.05, 0.1) is 32.4 Å². The number of carbonyl (C=O) groups excluding carboxylic acids is 1. The summed E-state index contributed by atoms with van der Waals surface area (Å²) < 4.78 is 27.2. The van der Waals surface area contributed by atoms with Crippen LogP contribution in [-0.2, 0) is 20.6 Å². The first kappa shape index (κ1) is 23.9. The van der Waals surface area contributed by atoms with E-state index < -0.39 is 15.9 Å². The molecule has 0 spiro atoms. The molecule has 1 unspecified atom stereocenters. The second kappa shape index (κ2) is 9.82. The second-order valence-electron chi connectivity index (χ2n) is 6.89. The largest absolute Gasteiger partial charge is 0.324 e. The molecule has 1 heterocycles. The lowest BCUT2D eigenvalue weighted by atomic mass is 9.98. The Morgan fingerprint density at radius 3 is 2.30 bits per heavy atom. The standard InChI is InChI=1S/C19H17Cl5N2O3S/c20-13-4-1-5-14(21)12(13)10-30(28,29)26-6-2-3-11(9-26)19(27)25-18-8-16(23)15(22)7-17(18)24/h1,4-5,7-8,11H,2-3,6,9-10H2,(H,25,27). The summed E-state index contributed by atoms with van der Waals surface area (Å²) in [7, 11) is -3.72. The lowest BCUT2D eigenvalue weighted by Crippen LogP contribution is -2.44. The lowest BCUT2D eigenvalue weighted by molar-refractivity contribution is -0.120. The summed E-state index contributed by atoms with van der Waals surface area (Å²) in [6.45, 7) is 0.372. The number of rotatable bonds is 5. The molecule has 11 heteroatoms. The Kier molecular flexibility index (Phi) is 7.83. The zero-order chi connectivity index (χ0) is 22.1. The van der Waals surface area contributed by atoms with Gasteiger partial charge in [0.15, 0.2) is 0 Å². The van der Waals surface area contributed by atoms with Crippen LogP contribution in [0.1, 0.15) is 18.4 Å². The fraction of sp³-hybridized carbons (Fsp3) is 0.316. The molecule has 1 amide bonds. The number of anilines is 1. The van der Waals surface area contributed by atoms with E-state index in [4.69, 9.17) is 58.0 Å². The van der Waals surface area contributed by atoms with Gasteiger partial charge in [-0.25, -0.2) is 12.7 Å². The van der Waals surface area contributed by atoms with Crippen molar-refractivity contribution in [3.05, 3.63) is 61.0 Å². The van der Waals surface area contributed by atoms with Crippen LogP contribution in [0.4, 0.5) is 5.69 Å². The average molecular weight is 531 g/mol. The normalized spacial score (nSPS) is 17.7. The zero-order valence-corrected chi connectivity index (χ0v) is 20.1. The summed E-state index contributed by atoms with van der Waals surface area (Å²) in [6, 6.07) is 7.72. The molecule has 0 bridgehead atoms. The number of hydrogen-bond donors (Lipinski definition) is 1. The highest BCUT2D eigenvalue weighted by atomic mass is 35.5. The van der Waals surface area contributed by atoms with Gasteiger partial charge in [0.25, 0.3) is 0 Å². The maximum atomic E-state index is 12.9. The van der Waals surface area contributed by atoms with Gasteiger partial charge in [0.2, 0.25) is 15.9 Å². The molecule has 2 aromatic rings. The maximum Gasteiger partial charge on any atom is 0.228 e. The minimum Gasteiger partial charge on any atom is -0.324 e. The third-order valence-corrected chi connectivity index (χ3v) is 8.32. The third kappa shape index (κ3) is 5.54. The third-order valence-electron chi connectivity index (χ3n) is 4.80. The molecule has 2 aromatic carbocycles. The molecule has 3 rings (SSSR count). The number of halogens is 5. The number of hydrogen-bond acceptors (Lipinski definition) is 3. The van der Waals surface area contributed by atoms with Crippen LogP contribution in [0, 0.1) is 5.92 Å². The van der Waals surface area contributed by atoms with E-state index in [-0.39, 0.29) is 43.3 Å². The molecule has 0 radical (unpaired) electrons. The van der Waals surface area contributed by atoms with Crippen LogP contribution in [0.5, 0.6) is 0 Å². The molecule has 5 nitrogen and oxygen atoms in total. The van der Waals surface area contributed by atoms with E-state index in [2.05, 4.69) is 5.32 Å². The fourth-order valence-corrected chi connectivity index (χ4v) is 6.16. The van der Waals surface area contributed by atoms with Crippen molar-refractivity contribution in [3.8, 4) is 0 Å². The number of amides is 1. The van der Waals surface area contributed by atoms with Gasteiger partial charge in [-0.3, -0.25) is 4.79 Å². The summed E-state index contributed by atoms with van der Waals surface area (Å²) in [5, 5.41) is 4.04. The van der Waals surface area contributed by atoms with Gasteiger partial charge in [0, 0.05) is 28.7 Å². The predicted molar refractivity (Wildman–Crippen MR) is 123 cm³/mol. The maximum absolute atomic E-state index is 12.9.